The molecule has 0 spiro atoms. The highest BCUT2D eigenvalue weighted by atomic mass is 16.2. The molecule has 0 aliphatic heterocycles. The molecule has 7 heteroatoms. The quantitative estimate of drug-likeness (QED) is 0.706. The second kappa shape index (κ2) is 8.05. The van der Waals surface area contributed by atoms with Crippen molar-refractivity contribution in [2.24, 2.45) is 0 Å². The molecule has 3 aromatic rings. The third kappa shape index (κ3) is 3.72. The van der Waals surface area contributed by atoms with Gasteiger partial charge in [-0.3, -0.25) is 9.69 Å². The van der Waals surface area contributed by atoms with Gasteiger partial charge in [0.2, 0.25) is 5.82 Å². The smallest absolute Gasteiger partial charge is 0.291 e. The van der Waals surface area contributed by atoms with E-state index in [-0.39, 0.29) is 17.8 Å². The van der Waals surface area contributed by atoms with Gasteiger partial charge in [0.25, 0.3) is 11.7 Å². The molecule has 3 rings (SSSR count). The second-order valence-electron chi connectivity index (χ2n) is 6.09. The number of likely N-dealkylation sites (N-methyl/N-ethyl adjacent to an activating group) is 1. The van der Waals surface area contributed by atoms with E-state index in [9.17, 15) is 4.79 Å². The van der Waals surface area contributed by atoms with Crippen LogP contribution in [0.3, 0.4) is 0 Å². The first-order chi connectivity index (χ1) is 12.6. The molecule has 0 saturated heterocycles. The first-order valence-corrected chi connectivity index (χ1v) is 8.89. The van der Waals surface area contributed by atoms with Gasteiger partial charge in [0.05, 0.1) is 6.04 Å². The zero-order valence-electron chi connectivity index (χ0n) is 15.4. The number of fused-ring (bicyclic) bond motifs is 1. The van der Waals surface area contributed by atoms with Gasteiger partial charge in [-0.15, -0.1) is 5.10 Å². The summed E-state index contributed by atoms with van der Waals surface area (Å²) in [7, 11) is 0. The fourth-order valence-corrected chi connectivity index (χ4v) is 3.07. The molecule has 136 valence electrons. The van der Waals surface area contributed by atoms with E-state index in [1.54, 1.807) is 10.7 Å². The minimum atomic E-state index is -0.289. The Morgan fingerprint density at radius 2 is 1.92 bits per heavy atom. The Labute approximate surface area is 153 Å². The minimum absolute atomic E-state index is 0.104. The van der Waals surface area contributed by atoms with Crippen LogP contribution in [0.4, 0.5) is 0 Å². The Kier molecular flexibility index (Phi) is 5.58. The maximum absolute atomic E-state index is 12.6. The molecule has 0 fully saturated rings. The van der Waals surface area contributed by atoms with Gasteiger partial charge in [0, 0.05) is 18.4 Å². The number of benzene rings is 1. The average molecular weight is 352 g/mol. The molecule has 0 saturated carbocycles. The third-order valence-electron chi connectivity index (χ3n) is 4.53. The highest BCUT2D eigenvalue weighted by Crippen LogP contribution is 2.19. The average Bonchev–Trinajstić information content (AvgIpc) is 3.11. The monoisotopic (exact) mass is 352 g/mol. The summed E-state index contributed by atoms with van der Waals surface area (Å²) in [4.78, 5) is 23.3. The lowest BCUT2D eigenvalue weighted by molar-refractivity contribution is 0.0924. The summed E-state index contributed by atoms with van der Waals surface area (Å²) >= 11 is 0. The van der Waals surface area contributed by atoms with Crippen LogP contribution in [0.2, 0.25) is 0 Å². The predicted octanol–water partition coefficient (Wildman–Crippen LogP) is 2.25. The maximum atomic E-state index is 12.6. The number of nitrogens with zero attached hydrogens (tertiary/aromatic N) is 5. The zero-order valence-corrected chi connectivity index (χ0v) is 15.4. The highest BCUT2D eigenvalue weighted by molar-refractivity contribution is 5.90. The first-order valence-electron chi connectivity index (χ1n) is 8.89. The van der Waals surface area contributed by atoms with Crippen molar-refractivity contribution >= 4 is 11.7 Å². The second-order valence-corrected chi connectivity index (χ2v) is 6.09. The molecule has 1 atom stereocenters. The van der Waals surface area contributed by atoms with Gasteiger partial charge in [-0.2, -0.15) is 4.98 Å². The number of amides is 1. The standard InChI is InChI=1S/C19H24N6O/c1-4-24(5-2)16(15-9-7-6-8-10-15)13-21-18(26)17-22-19-20-12-11-14(3)25(19)23-17/h6-12,16H,4-5,13H2,1-3H3,(H,21,26). The van der Waals surface area contributed by atoms with E-state index in [4.69, 9.17) is 0 Å². The number of carbonyl (C=O) groups is 1. The Morgan fingerprint density at radius 3 is 2.58 bits per heavy atom. The molecule has 2 aromatic heterocycles. The molecule has 1 amide bonds. The summed E-state index contributed by atoms with van der Waals surface area (Å²) in [5.41, 5.74) is 2.06. The fraction of sp³-hybridized carbons (Fsp3) is 0.368. The highest BCUT2D eigenvalue weighted by Gasteiger charge is 2.20. The van der Waals surface area contributed by atoms with Crippen molar-refractivity contribution in [3.05, 3.63) is 59.7 Å². The van der Waals surface area contributed by atoms with Crippen molar-refractivity contribution < 1.29 is 4.79 Å². The van der Waals surface area contributed by atoms with Crippen LogP contribution in [-0.2, 0) is 0 Å². The molecule has 0 aliphatic carbocycles. The molecule has 2 heterocycles. The SMILES string of the molecule is CCN(CC)C(CNC(=O)c1nc2nccc(C)n2n1)c1ccccc1. The number of carbonyl (C=O) groups excluding carboxylic acids is 1. The molecule has 1 aromatic carbocycles. The van der Waals surface area contributed by atoms with Gasteiger partial charge in [0.15, 0.2) is 0 Å². The number of aromatic nitrogens is 4. The van der Waals surface area contributed by atoms with Crippen LogP contribution in [0, 0.1) is 6.92 Å². The Hall–Kier alpha value is -2.80. The Bertz CT molecular complexity index is 872. The summed E-state index contributed by atoms with van der Waals surface area (Å²) in [6, 6.07) is 12.1. The van der Waals surface area contributed by atoms with E-state index in [0.29, 0.717) is 12.3 Å². The van der Waals surface area contributed by atoms with Gasteiger partial charge in [-0.25, -0.2) is 9.50 Å². The van der Waals surface area contributed by atoms with Crippen LogP contribution in [0.1, 0.15) is 41.8 Å². The van der Waals surface area contributed by atoms with Crippen molar-refractivity contribution in [2.75, 3.05) is 19.6 Å². The lowest BCUT2D eigenvalue weighted by Gasteiger charge is -2.30. The lowest BCUT2D eigenvalue weighted by Crippen LogP contribution is -2.38. The number of nitrogens with one attached hydrogen (secondary N) is 1. The maximum Gasteiger partial charge on any atom is 0.291 e. The minimum Gasteiger partial charge on any atom is -0.347 e. The molecule has 1 N–H and O–H groups in total. The summed E-state index contributed by atoms with van der Waals surface area (Å²) < 4.78 is 1.58. The van der Waals surface area contributed by atoms with E-state index in [1.807, 2.05) is 31.2 Å². The molecular weight excluding hydrogens is 328 g/mol. The van der Waals surface area contributed by atoms with E-state index in [2.05, 4.69) is 51.3 Å². The topological polar surface area (TPSA) is 75.4 Å². The molecule has 1 unspecified atom stereocenters. The molecule has 0 radical (unpaired) electrons. The molecule has 7 nitrogen and oxygen atoms in total. The van der Waals surface area contributed by atoms with Crippen LogP contribution in [0.5, 0.6) is 0 Å². The summed E-state index contributed by atoms with van der Waals surface area (Å²) in [5.74, 6) is 0.277. The van der Waals surface area contributed by atoms with Crippen LogP contribution in [-0.4, -0.2) is 50.0 Å². The molecule has 0 aliphatic rings. The van der Waals surface area contributed by atoms with Gasteiger partial charge < -0.3 is 5.32 Å². The zero-order chi connectivity index (χ0) is 18.5. The summed E-state index contributed by atoms with van der Waals surface area (Å²) in [5, 5.41) is 7.25. The molecular formula is C19H24N6O. The molecule has 26 heavy (non-hydrogen) atoms. The van der Waals surface area contributed by atoms with Crippen LogP contribution < -0.4 is 5.32 Å². The van der Waals surface area contributed by atoms with Crippen molar-refractivity contribution in [3.63, 3.8) is 0 Å². The summed E-state index contributed by atoms with van der Waals surface area (Å²) in [6.07, 6.45) is 1.66. The van der Waals surface area contributed by atoms with Gasteiger partial charge in [0.1, 0.15) is 0 Å². The van der Waals surface area contributed by atoms with Gasteiger partial charge >= 0.3 is 0 Å². The number of aryl methyl sites for hydroxylation is 1. The number of rotatable bonds is 7. The van der Waals surface area contributed by atoms with Gasteiger partial charge in [-0.05, 0) is 31.6 Å². The van der Waals surface area contributed by atoms with Crippen molar-refractivity contribution in [1.29, 1.82) is 0 Å². The largest absolute Gasteiger partial charge is 0.347 e. The van der Waals surface area contributed by atoms with E-state index >= 15 is 0 Å². The Balaban J connectivity index is 1.77. The number of hydrogen-bond donors (Lipinski definition) is 1. The van der Waals surface area contributed by atoms with Crippen LogP contribution in [0.25, 0.3) is 5.78 Å². The van der Waals surface area contributed by atoms with Crippen molar-refractivity contribution in [3.8, 4) is 0 Å². The third-order valence-corrected chi connectivity index (χ3v) is 4.53. The van der Waals surface area contributed by atoms with E-state index in [1.165, 1.54) is 5.56 Å². The summed E-state index contributed by atoms with van der Waals surface area (Å²) in [6.45, 7) is 8.45. The lowest BCUT2D eigenvalue weighted by atomic mass is 10.1. The normalized spacial score (nSPS) is 12.5. The van der Waals surface area contributed by atoms with Crippen molar-refractivity contribution in [2.45, 2.75) is 26.8 Å². The Morgan fingerprint density at radius 1 is 1.19 bits per heavy atom. The van der Waals surface area contributed by atoms with Crippen molar-refractivity contribution in [1.82, 2.24) is 29.8 Å². The van der Waals surface area contributed by atoms with E-state index in [0.717, 1.165) is 18.8 Å². The van der Waals surface area contributed by atoms with Crippen LogP contribution >= 0.6 is 0 Å². The number of hydrogen-bond acceptors (Lipinski definition) is 5. The van der Waals surface area contributed by atoms with E-state index < -0.39 is 0 Å². The predicted molar refractivity (Wildman–Crippen MR) is 100.0 cm³/mol. The fourth-order valence-electron chi connectivity index (χ4n) is 3.07. The van der Waals surface area contributed by atoms with Gasteiger partial charge in [-0.1, -0.05) is 44.2 Å². The molecule has 0 bridgehead atoms. The van der Waals surface area contributed by atoms with Crippen LogP contribution in [0.15, 0.2) is 42.6 Å². The first kappa shape index (κ1) is 18.0.